The molecule has 1 aliphatic rings. The van der Waals surface area contributed by atoms with Crippen LogP contribution >= 0.6 is 0 Å². The van der Waals surface area contributed by atoms with Crippen molar-refractivity contribution in [2.45, 2.75) is 19.8 Å². The van der Waals surface area contributed by atoms with Crippen LogP contribution in [0.4, 0.5) is 5.69 Å². The van der Waals surface area contributed by atoms with Gasteiger partial charge < -0.3 is 20.7 Å². The van der Waals surface area contributed by atoms with Crippen molar-refractivity contribution in [3.8, 4) is 22.3 Å². The Labute approximate surface area is 197 Å². The normalized spacial score (nSPS) is 14.3. The number of carboxylic acids is 1. The second-order valence-corrected chi connectivity index (χ2v) is 8.72. The van der Waals surface area contributed by atoms with E-state index in [0.29, 0.717) is 16.9 Å². The summed E-state index contributed by atoms with van der Waals surface area (Å²) in [5.74, 6) is -0.195. The number of hydrogen-bond donors (Lipinski definition) is 4. The molecule has 34 heavy (non-hydrogen) atoms. The minimum atomic E-state index is -1.00. The Morgan fingerprint density at radius 2 is 1.65 bits per heavy atom. The van der Waals surface area contributed by atoms with Crippen LogP contribution < -0.4 is 10.6 Å². The Balaban J connectivity index is 1.39. The van der Waals surface area contributed by atoms with E-state index < -0.39 is 5.97 Å². The smallest absolute Gasteiger partial charge is 0.337 e. The molecular weight excluding hydrogens is 428 g/mol. The van der Waals surface area contributed by atoms with Gasteiger partial charge >= 0.3 is 5.97 Å². The van der Waals surface area contributed by atoms with Crippen LogP contribution in [0.25, 0.3) is 33.3 Å². The van der Waals surface area contributed by atoms with Gasteiger partial charge in [-0.25, -0.2) is 9.78 Å². The van der Waals surface area contributed by atoms with Crippen LogP contribution in [-0.2, 0) is 4.79 Å². The van der Waals surface area contributed by atoms with Crippen LogP contribution in [-0.4, -0.2) is 40.0 Å². The van der Waals surface area contributed by atoms with Crippen molar-refractivity contribution in [2.75, 3.05) is 18.4 Å². The number of hydrogen-bond acceptors (Lipinski definition) is 4. The van der Waals surface area contributed by atoms with Crippen LogP contribution in [0.3, 0.4) is 0 Å². The molecule has 0 atom stereocenters. The predicted molar refractivity (Wildman–Crippen MR) is 133 cm³/mol. The van der Waals surface area contributed by atoms with Gasteiger partial charge in [-0.2, -0.15) is 0 Å². The summed E-state index contributed by atoms with van der Waals surface area (Å²) in [6.07, 6.45) is 1.72. The number of aromatic nitrogens is 2. The molecule has 5 rings (SSSR count). The molecule has 1 amide bonds. The van der Waals surface area contributed by atoms with Crippen LogP contribution in [0.1, 0.15) is 29.0 Å². The lowest BCUT2D eigenvalue weighted by atomic mass is 9.96. The van der Waals surface area contributed by atoms with E-state index in [0.717, 1.165) is 53.9 Å². The van der Waals surface area contributed by atoms with Crippen LogP contribution in [0.15, 0.2) is 60.7 Å². The predicted octanol–water partition coefficient (Wildman–Crippen LogP) is 4.84. The number of nitrogens with zero attached hydrogens (tertiary/aromatic N) is 1. The molecule has 0 aliphatic carbocycles. The molecular formula is C27H26N4O3. The van der Waals surface area contributed by atoms with Crippen molar-refractivity contribution < 1.29 is 14.7 Å². The summed E-state index contributed by atoms with van der Waals surface area (Å²) in [5.41, 5.74) is 5.87. The number of aryl methyl sites for hydroxylation is 1. The van der Waals surface area contributed by atoms with Gasteiger partial charge in [-0.3, -0.25) is 4.79 Å². The monoisotopic (exact) mass is 454 g/mol. The van der Waals surface area contributed by atoms with Crippen molar-refractivity contribution in [1.29, 1.82) is 0 Å². The second-order valence-electron chi connectivity index (χ2n) is 8.72. The summed E-state index contributed by atoms with van der Waals surface area (Å²) >= 11 is 0. The zero-order valence-electron chi connectivity index (χ0n) is 18.9. The minimum Gasteiger partial charge on any atom is -0.478 e. The molecule has 7 nitrogen and oxygen atoms in total. The highest BCUT2D eigenvalue weighted by Crippen LogP contribution is 2.30. The van der Waals surface area contributed by atoms with E-state index in [2.05, 4.69) is 20.6 Å². The summed E-state index contributed by atoms with van der Waals surface area (Å²) in [6.45, 7) is 3.57. The molecule has 172 valence electrons. The summed E-state index contributed by atoms with van der Waals surface area (Å²) in [5, 5.41) is 16.0. The number of rotatable bonds is 5. The van der Waals surface area contributed by atoms with E-state index in [9.17, 15) is 14.7 Å². The molecule has 1 saturated heterocycles. The molecule has 0 saturated carbocycles. The molecule has 1 fully saturated rings. The van der Waals surface area contributed by atoms with E-state index in [4.69, 9.17) is 0 Å². The van der Waals surface area contributed by atoms with E-state index in [-0.39, 0.29) is 17.4 Å². The fourth-order valence-electron chi connectivity index (χ4n) is 4.53. The highest BCUT2D eigenvalue weighted by atomic mass is 16.4. The van der Waals surface area contributed by atoms with Gasteiger partial charge in [-0.05, 0) is 79.4 Å². The third-order valence-corrected chi connectivity index (χ3v) is 6.33. The number of carbonyl (C=O) groups is 2. The maximum Gasteiger partial charge on any atom is 0.337 e. The van der Waals surface area contributed by atoms with Crippen molar-refractivity contribution in [1.82, 2.24) is 15.3 Å². The zero-order chi connectivity index (χ0) is 23.7. The zero-order valence-corrected chi connectivity index (χ0v) is 18.9. The first-order valence-electron chi connectivity index (χ1n) is 11.4. The molecule has 2 heterocycles. The van der Waals surface area contributed by atoms with Gasteiger partial charge in [-0.15, -0.1) is 0 Å². The lowest BCUT2D eigenvalue weighted by Crippen LogP contribution is -2.34. The van der Waals surface area contributed by atoms with Gasteiger partial charge in [0.25, 0.3) is 0 Å². The van der Waals surface area contributed by atoms with Gasteiger partial charge in [-0.1, -0.05) is 36.4 Å². The number of aromatic amines is 1. The number of imidazole rings is 1. The number of H-pyrrole nitrogens is 1. The van der Waals surface area contributed by atoms with E-state index >= 15 is 0 Å². The fourth-order valence-corrected chi connectivity index (χ4v) is 4.53. The Morgan fingerprint density at radius 3 is 2.35 bits per heavy atom. The van der Waals surface area contributed by atoms with Crippen molar-refractivity contribution in [3.05, 3.63) is 72.1 Å². The number of fused-ring (bicyclic) bond motifs is 1. The van der Waals surface area contributed by atoms with Crippen LogP contribution in [0.5, 0.6) is 0 Å². The van der Waals surface area contributed by atoms with Gasteiger partial charge in [0.15, 0.2) is 0 Å². The van der Waals surface area contributed by atoms with Gasteiger partial charge in [0.1, 0.15) is 11.3 Å². The molecule has 1 aliphatic heterocycles. The first-order chi connectivity index (χ1) is 16.5. The van der Waals surface area contributed by atoms with Crippen LogP contribution in [0.2, 0.25) is 0 Å². The molecule has 3 aromatic carbocycles. The third-order valence-electron chi connectivity index (χ3n) is 6.33. The number of amides is 1. The number of piperidine rings is 1. The number of aromatic carboxylic acids is 1. The Morgan fingerprint density at radius 1 is 0.941 bits per heavy atom. The largest absolute Gasteiger partial charge is 0.478 e. The summed E-state index contributed by atoms with van der Waals surface area (Å²) in [7, 11) is 0. The number of carboxylic acid groups (broad SMARTS) is 1. The quantitative estimate of drug-likeness (QED) is 0.345. The number of benzene rings is 3. The van der Waals surface area contributed by atoms with Gasteiger partial charge in [0.05, 0.1) is 11.1 Å². The lowest BCUT2D eigenvalue weighted by molar-refractivity contribution is -0.120. The Bertz CT molecular complexity index is 1370. The standard InChI is InChI=1S/C27H26N4O3/c1-16-29-24-15-21(14-23(27(33)34)25(24)30-16)18-7-5-17(6-8-18)20-3-2-4-22(13-20)31-26(32)19-9-11-28-12-10-19/h2-8,13-15,19,28H,9-12H2,1H3,(H,29,30)(H,31,32)(H,33,34). The highest BCUT2D eigenvalue weighted by Gasteiger charge is 2.21. The van der Waals surface area contributed by atoms with Gasteiger partial charge in [0.2, 0.25) is 5.91 Å². The molecule has 0 radical (unpaired) electrons. The minimum absolute atomic E-state index is 0.0517. The SMILES string of the molecule is Cc1nc2c(C(=O)O)cc(-c3ccc(-c4cccc(NC(=O)C5CCNCC5)c4)cc3)cc2[nH]1. The molecule has 7 heteroatoms. The van der Waals surface area contributed by atoms with Crippen molar-refractivity contribution in [3.63, 3.8) is 0 Å². The topological polar surface area (TPSA) is 107 Å². The van der Waals surface area contributed by atoms with E-state index in [1.165, 1.54) is 0 Å². The average molecular weight is 455 g/mol. The first-order valence-corrected chi connectivity index (χ1v) is 11.4. The molecule has 0 bridgehead atoms. The fraction of sp³-hybridized carbons (Fsp3) is 0.222. The molecule has 4 aromatic rings. The first kappa shape index (κ1) is 21.9. The van der Waals surface area contributed by atoms with Crippen molar-refractivity contribution >= 4 is 28.6 Å². The maximum absolute atomic E-state index is 12.6. The number of anilines is 1. The second kappa shape index (κ2) is 9.11. The Hall–Kier alpha value is -3.97. The van der Waals surface area contributed by atoms with Crippen LogP contribution in [0, 0.1) is 12.8 Å². The molecule has 4 N–H and O–H groups in total. The molecule has 0 spiro atoms. The van der Waals surface area contributed by atoms with E-state index in [1.807, 2.05) is 61.5 Å². The summed E-state index contributed by atoms with van der Waals surface area (Å²) in [6, 6.07) is 19.4. The lowest BCUT2D eigenvalue weighted by Gasteiger charge is -2.21. The number of carbonyl (C=O) groups excluding carboxylic acids is 1. The summed E-state index contributed by atoms with van der Waals surface area (Å²) < 4.78 is 0. The summed E-state index contributed by atoms with van der Waals surface area (Å²) in [4.78, 5) is 31.8. The van der Waals surface area contributed by atoms with Crippen molar-refractivity contribution in [2.24, 2.45) is 5.92 Å². The molecule has 0 unspecified atom stereocenters. The maximum atomic E-state index is 12.6. The number of nitrogens with one attached hydrogen (secondary N) is 3. The average Bonchev–Trinajstić information content (AvgIpc) is 3.24. The Kier molecular flexibility index (Phi) is 5.86. The molecule has 1 aromatic heterocycles. The third kappa shape index (κ3) is 4.43. The van der Waals surface area contributed by atoms with Gasteiger partial charge in [0, 0.05) is 11.6 Å². The van der Waals surface area contributed by atoms with E-state index in [1.54, 1.807) is 6.07 Å². The highest BCUT2D eigenvalue weighted by molar-refractivity contribution is 6.03.